The van der Waals surface area contributed by atoms with E-state index in [2.05, 4.69) is 11.4 Å². The normalized spacial score (nSPS) is 25.2. The van der Waals surface area contributed by atoms with Crippen molar-refractivity contribution >= 4 is 12.4 Å². The van der Waals surface area contributed by atoms with Crippen molar-refractivity contribution in [3.05, 3.63) is 12.2 Å². The minimum absolute atomic E-state index is 0. The highest BCUT2D eigenvalue weighted by atomic mass is 35.5. The Bertz CT molecular complexity index is 95.1. The number of aliphatic hydroxyl groups excluding tert-OH is 1. The highest BCUT2D eigenvalue weighted by molar-refractivity contribution is 5.85. The molecule has 1 heterocycles. The summed E-state index contributed by atoms with van der Waals surface area (Å²) >= 11 is 0. The number of nitrogens with one attached hydrogen (secondary N) is 1. The van der Waals surface area contributed by atoms with Crippen LogP contribution in [0.2, 0.25) is 0 Å². The van der Waals surface area contributed by atoms with Crippen molar-refractivity contribution in [1.29, 1.82) is 0 Å². The van der Waals surface area contributed by atoms with E-state index in [1.165, 1.54) is 0 Å². The van der Waals surface area contributed by atoms with E-state index in [1.807, 2.05) is 6.08 Å². The second-order valence-corrected chi connectivity index (χ2v) is 1.96. The maximum absolute atomic E-state index is 8.58. The molecule has 2 nitrogen and oxygen atoms in total. The molecule has 0 saturated carbocycles. The van der Waals surface area contributed by atoms with Crippen molar-refractivity contribution in [3.8, 4) is 0 Å². The zero-order chi connectivity index (χ0) is 5.82. The third-order valence-corrected chi connectivity index (χ3v) is 1.28. The van der Waals surface area contributed by atoms with Crippen LogP contribution in [0.3, 0.4) is 0 Å². The Labute approximate surface area is 61.4 Å². The molecule has 0 spiro atoms. The molecular weight excluding hydrogens is 138 g/mol. The lowest BCUT2D eigenvalue weighted by Gasteiger charge is -2.14. The quantitative estimate of drug-likeness (QED) is 0.527. The van der Waals surface area contributed by atoms with Gasteiger partial charge in [-0.2, -0.15) is 0 Å². The third kappa shape index (κ3) is 2.84. The summed E-state index contributed by atoms with van der Waals surface area (Å²) in [6, 6.07) is 0.212. The van der Waals surface area contributed by atoms with Crippen LogP contribution < -0.4 is 5.32 Å². The molecular formula is C6H12ClNO. The molecule has 0 aliphatic carbocycles. The highest BCUT2D eigenvalue weighted by Crippen LogP contribution is 1.94. The fourth-order valence-corrected chi connectivity index (χ4v) is 0.806. The van der Waals surface area contributed by atoms with Crippen LogP contribution in [0.4, 0.5) is 0 Å². The molecule has 1 aliphatic heterocycles. The molecule has 1 aliphatic rings. The summed E-state index contributed by atoms with van der Waals surface area (Å²) in [7, 11) is 0. The van der Waals surface area contributed by atoms with Gasteiger partial charge in [-0.25, -0.2) is 0 Å². The van der Waals surface area contributed by atoms with Gasteiger partial charge in [-0.15, -0.1) is 12.4 Å². The van der Waals surface area contributed by atoms with Crippen LogP contribution >= 0.6 is 12.4 Å². The number of hydrogen-bond acceptors (Lipinski definition) is 2. The Morgan fingerprint density at radius 2 is 2.44 bits per heavy atom. The van der Waals surface area contributed by atoms with Crippen molar-refractivity contribution in [3.63, 3.8) is 0 Å². The largest absolute Gasteiger partial charge is 0.394 e. The van der Waals surface area contributed by atoms with E-state index in [1.54, 1.807) is 0 Å². The third-order valence-electron chi connectivity index (χ3n) is 1.28. The standard InChI is InChI=1S/C6H11NO.ClH/c8-5-6-3-1-2-4-7-6;/h1,3,6-8H,2,4-5H2;1H. The summed E-state index contributed by atoms with van der Waals surface area (Å²) in [5.74, 6) is 0. The van der Waals surface area contributed by atoms with Crippen molar-refractivity contribution < 1.29 is 5.11 Å². The maximum Gasteiger partial charge on any atom is 0.0620 e. The van der Waals surface area contributed by atoms with Gasteiger partial charge in [0.1, 0.15) is 0 Å². The molecule has 0 aromatic rings. The monoisotopic (exact) mass is 149 g/mol. The lowest BCUT2D eigenvalue weighted by atomic mass is 10.2. The van der Waals surface area contributed by atoms with E-state index in [4.69, 9.17) is 5.11 Å². The second-order valence-electron chi connectivity index (χ2n) is 1.96. The summed E-state index contributed by atoms with van der Waals surface area (Å²) in [6.45, 7) is 1.22. The Morgan fingerprint density at radius 3 is 2.78 bits per heavy atom. The number of halogens is 1. The lowest BCUT2D eigenvalue weighted by molar-refractivity contribution is 0.262. The molecule has 54 valence electrons. The van der Waals surface area contributed by atoms with Crippen molar-refractivity contribution in [1.82, 2.24) is 5.32 Å². The van der Waals surface area contributed by atoms with Gasteiger partial charge in [0.15, 0.2) is 0 Å². The fraction of sp³-hybridized carbons (Fsp3) is 0.667. The predicted molar refractivity (Wildman–Crippen MR) is 39.9 cm³/mol. The van der Waals surface area contributed by atoms with Crippen LogP contribution in [0.5, 0.6) is 0 Å². The van der Waals surface area contributed by atoms with Gasteiger partial charge >= 0.3 is 0 Å². The average molecular weight is 150 g/mol. The Hall–Kier alpha value is -0.0500. The van der Waals surface area contributed by atoms with Crippen LogP contribution in [0.15, 0.2) is 12.2 Å². The van der Waals surface area contributed by atoms with E-state index in [0.717, 1.165) is 13.0 Å². The van der Waals surface area contributed by atoms with Gasteiger partial charge in [-0.3, -0.25) is 0 Å². The molecule has 1 rings (SSSR count). The van der Waals surface area contributed by atoms with Crippen LogP contribution in [0.25, 0.3) is 0 Å². The zero-order valence-corrected chi connectivity index (χ0v) is 6.03. The van der Waals surface area contributed by atoms with Gasteiger partial charge in [0.25, 0.3) is 0 Å². The fourth-order valence-electron chi connectivity index (χ4n) is 0.806. The molecule has 0 fully saturated rings. The number of rotatable bonds is 1. The maximum atomic E-state index is 8.58. The van der Waals surface area contributed by atoms with Gasteiger partial charge in [-0.05, 0) is 13.0 Å². The summed E-state index contributed by atoms with van der Waals surface area (Å²) in [4.78, 5) is 0. The van der Waals surface area contributed by atoms with E-state index in [0.29, 0.717) is 0 Å². The van der Waals surface area contributed by atoms with Crippen LogP contribution in [-0.2, 0) is 0 Å². The van der Waals surface area contributed by atoms with E-state index in [9.17, 15) is 0 Å². The molecule has 0 aromatic carbocycles. The molecule has 1 atom stereocenters. The molecule has 9 heavy (non-hydrogen) atoms. The Kier molecular flexibility index (Phi) is 4.77. The number of aliphatic hydroxyl groups is 1. The van der Waals surface area contributed by atoms with E-state index >= 15 is 0 Å². The van der Waals surface area contributed by atoms with Crippen LogP contribution in [0, 0.1) is 0 Å². The van der Waals surface area contributed by atoms with Crippen molar-refractivity contribution in [2.75, 3.05) is 13.2 Å². The highest BCUT2D eigenvalue weighted by Gasteiger charge is 2.02. The van der Waals surface area contributed by atoms with Gasteiger partial charge < -0.3 is 10.4 Å². The summed E-state index contributed by atoms with van der Waals surface area (Å²) in [5, 5.41) is 11.7. The minimum atomic E-state index is 0. The molecule has 1 unspecified atom stereocenters. The van der Waals surface area contributed by atoms with Crippen molar-refractivity contribution in [2.24, 2.45) is 0 Å². The first kappa shape index (κ1) is 8.95. The van der Waals surface area contributed by atoms with E-state index < -0.39 is 0 Å². The first-order valence-corrected chi connectivity index (χ1v) is 2.94. The molecule has 0 saturated heterocycles. The van der Waals surface area contributed by atoms with Gasteiger partial charge in [-0.1, -0.05) is 12.2 Å². The Morgan fingerprint density at radius 1 is 1.67 bits per heavy atom. The molecule has 0 bridgehead atoms. The first-order chi connectivity index (χ1) is 3.93. The lowest BCUT2D eigenvalue weighted by Crippen LogP contribution is -2.33. The summed E-state index contributed by atoms with van der Waals surface area (Å²) in [6.07, 6.45) is 5.19. The Balaban J connectivity index is 0.000000640. The molecule has 2 N–H and O–H groups in total. The summed E-state index contributed by atoms with van der Waals surface area (Å²) in [5.41, 5.74) is 0. The second kappa shape index (κ2) is 4.79. The van der Waals surface area contributed by atoms with Crippen LogP contribution in [-0.4, -0.2) is 24.3 Å². The van der Waals surface area contributed by atoms with E-state index in [-0.39, 0.29) is 25.1 Å². The van der Waals surface area contributed by atoms with Gasteiger partial charge in [0, 0.05) is 6.04 Å². The van der Waals surface area contributed by atoms with Crippen molar-refractivity contribution in [2.45, 2.75) is 12.5 Å². The van der Waals surface area contributed by atoms with Gasteiger partial charge in [0.05, 0.1) is 6.61 Å². The minimum Gasteiger partial charge on any atom is -0.394 e. The molecule has 0 aromatic heterocycles. The number of hydrogen-bond donors (Lipinski definition) is 2. The zero-order valence-electron chi connectivity index (χ0n) is 5.21. The van der Waals surface area contributed by atoms with Crippen LogP contribution in [0.1, 0.15) is 6.42 Å². The average Bonchev–Trinajstić information content (AvgIpc) is 1.90. The molecule has 0 radical (unpaired) electrons. The topological polar surface area (TPSA) is 32.3 Å². The van der Waals surface area contributed by atoms with Gasteiger partial charge in [0.2, 0.25) is 0 Å². The molecule has 0 amide bonds. The smallest absolute Gasteiger partial charge is 0.0620 e. The predicted octanol–water partition coefficient (Wildman–Crippen LogP) is 0.319. The molecule has 3 heteroatoms. The summed E-state index contributed by atoms with van der Waals surface area (Å²) < 4.78 is 0. The first-order valence-electron chi connectivity index (χ1n) is 2.94. The SMILES string of the molecule is Cl.OCC1C=CCCN1.